The van der Waals surface area contributed by atoms with Crippen molar-refractivity contribution in [1.82, 2.24) is 5.32 Å². The highest BCUT2D eigenvalue weighted by atomic mass is 32.1. The highest BCUT2D eigenvalue weighted by Gasteiger charge is 2.09. The van der Waals surface area contributed by atoms with Crippen molar-refractivity contribution < 1.29 is 14.7 Å². The van der Waals surface area contributed by atoms with Gasteiger partial charge in [0.2, 0.25) is 0 Å². The second kappa shape index (κ2) is 6.90. The van der Waals surface area contributed by atoms with Crippen LogP contribution >= 0.6 is 11.3 Å². The standard InChI is InChI=1S/C15H16N2O3S/c1-10-4-5-11(9-13(10)14(18)19)17-15(20)16-7-6-12-3-2-8-21-12/h2-5,8-9H,6-7H2,1H3,(H,18,19)(H2,16,17,20). The number of urea groups is 1. The number of rotatable bonds is 5. The van der Waals surface area contributed by atoms with Crippen LogP contribution in [0.15, 0.2) is 35.7 Å². The second-order valence-electron chi connectivity index (χ2n) is 4.55. The van der Waals surface area contributed by atoms with Gasteiger partial charge in [0.15, 0.2) is 0 Å². The molecule has 5 nitrogen and oxygen atoms in total. The number of carbonyl (C=O) groups excluding carboxylic acids is 1. The molecule has 2 amide bonds. The Kier molecular flexibility index (Phi) is 4.94. The SMILES string of the molecule is Cc1ccc(NC(=O)NCCc2cccs2)cc1C(=O)O. The summed E-state index contributed by atoms with van der Waals surface area (Å²) in [7, 11) is 0. The van der Waals surface area contributed by atoms with E-state index in [-0.39, 0.29) is 11.6 Å². The summed E-state index contributed by atoms with van der Waals surface area (Å²) in [5.74, 6) is -1.01. The number of amides is 2. The Labute approximate surface area is 126 Å². The zero-order valence-corrected chi connectivity index (χ0v) is 12.4. The lowest BCUT2D eigenvalue weighted by Gasteiger charge is -2.09. The van der Waals surface area contributed by atoms with Crippen molar-refractivity contribution in [2.45, 2.75) is 13.3 Å². The monoisotopic (exact) mass is 304 g/mol. The Morgan fingerprint density at radius 1 is 1.29 bits per heavy atom. The highest BCUT2D eigenvalue weighted by Crippen LogP contribution is 2.15. The molecule has 2 aromatic rings. The molecule has 0 radical (unpaired) electrons. The fourth-order valence-corrected chi connectivity index (χ4v) is 2.57. The van der Waals surface area contributed by atoms with Crippen molar-refractivity contribution in [3.63, 3.8) is 0 Å². The van der Waals surface area contributed by atoms with Gasteiger partial charge < -0.3 is 15.7 Å². The second-order valence-corrected chi connectivity index (χ2v) is 5.58. The minimum absolute atomic E-state index is 0.186. The van der Waals surface area contributed by atoms with E-state index < -0.39 is 5.97 Å². The maximum atomic E-state index is 11.7. The van der Waals surface area contributed by atoms with Crippen LogP contribution in [0.5, 0.6) is 0 Å². The molecule has 0 saturated heterocycles. The highest BCUT2D eigenvalue weighted by molar-refractivity contribution is 7.09. The predicted octanol–water partition coefficient (Wildman–Crippen LogP) is 3.12. The summed E-state index contributed by atoms with van der Waals surface area (Å²) in [6.45, 7) is 2.25. The molecule has 0 atom stereocenters. The van der Waals surface area contributed by atoms with E-state index in [0.29, 0.717) is 17.8 Å². The summed E-state index contributed by atoms with van der Waals surface area (Å²) in [6.07, 6.45) is 0.777. The molecule has 1 heterocycles. The van der Waals surface area contributed by atoms with Crippen LogP contribution in [-0.4, -0.2) is 23.7 Å². The number of carboxylic acids is 1. The first kappa shape index (κ1) is 15.1. The zero-order valence-electron chi connectivity index (χ0n) is 11.6. The molecule has 0 aliphatic heterocycles. The number of anilines is 1. The fourth-order valence-electron chi connectivity index (χ4n) is 1.86. The van der Waals surface area contributed by atoms with Gasteiger partial charge >= 0.3 is 12.0 Å². The number of carboxylic acid groups (broad SMARTS) is 1. The molecule has 0 saturated carbocycles. The molecule has 0 aliphatic carbocycles. The lowest BCUT2D eigenvalue weighted by molar-refractivity contribution is 0.0696. The first-order valence-electron chi connectivity index (χ1n) is 6.47. The number of nitrogens with one attached hydrogen (secondary N) is 2. The van der Waals surface area contributed by atoms with E-state index in [1.54, 1.807) is 30.4 Å². The number of hydrogen-bond donors (Lipinski definition) is 3. The minimum atomic E-state index is -1.01. The number of carbonyl (C=O) groups is 2. The summed E-state index contributed by atoms with van der Waals surface area (Å²) >= 11 is 1.65. The van der Waals surface area contributed by atoms with Crippen LogP contribution in [0.3, 0.4) is 0 Å². The van der Waals surface area contributed by atoms with E-state index in [1.807, 2.05) is 17.5 Å². The van der Waals surface area contributed by atoms with Crippen molar-refractivity contribution in [3.05, 3.63) is 51.7 Å². The molecule has 0 fully saturated rings. The molecule has 0 bridgehead atoms. The van der Waals surface area contributed by atoms with Gasteiger partial charge in [0.1, 0.15) is 0 Å². The molecule has 1 aromatic carbocycles. The smallest absolute Gasteiger partial charge is 0.336 e. The molecule has 2 rings (SSSR count). The van der Waals surface area contributed by atoms with Gasteiger partial charge in [-0.05, 0) is 42.5 Å². The Morgan fingerprint density at radius 3 is 2.76 bits per heavy atom. The molecule has 6 heteroatoms. The van der Waals surface area contributed by atoms with Gasteiger partial charge in [-0.25, -0.2) is 9.59 Å². The quantitative estimate of drug-likeness (QED) is 0.794. The third kappa shape index (κ3) is 4.32. The number of thiophene rings is 1. The Hall–Kier alpha value is -2.34. The molecule has 3 N–H and O–H groups in total. The van der Waals surface area contributed by atoms with Crippen LogP contribution in [0.1, 0.15) is 20.8 Å². The Morgan fingerprint density at radius 2 is 2.10 bits per heavy atom. The molecule has 0 unspecified atom stereocenters. The van der Waals surface area contributed by atoms with E-state index in [4.69, 9.17) is 5.11 Å². The lowest BCUT2D eigenvalue weighted by Crippen LogP contribution is -2.30. The van der Waals surface area contributed by atoms with Crippen molar-refractivity contribution >= 4 is 29.0 Å². The summed E-state index contributed by atoms with van der Waals surface area (Å²) in [5, 5.41) is 16.4. The molecule has 21 heavy (non-hydrogen) atoms. The van der Waals surface area contributed by atoms with Gasteiger partial charge in [0.05, 0.1) is 5.56 Å². The third-order valence-corrected chi connectivity index (χ3v) is 3.90. The molecule has 1 aromatic heterocycles. The van der Waals surface area contributed by atoms with Gasteiger partial charge in [-0.1, -0.05) is 12.1 Å². The summed E-state index contributed by atoms with van der Waals surface area (Å²) in [5.41, 5.74) is 1.31. The van der Waals surface area contributed by atoms with Crippen LogP contribution in [0.4, 0.5) is 10.5 Å². The van der Waals surface area contributed by atoms with Crippen LogP contribution in [-0.2, 0) is 6.42 Å². The first-order valence-corrected chi connectivity index (χ1v) is 7.35. The maximum absolute atomic E-state index is 11.7. The summed E-state index contributed by atoms with van der Waals surface area (Å²) < 4.78 is 0. The van der Waals surface area contributed by atoms with E-state index >= 15 is 0 Å². The van der Waals surface area contributed by atoms with Gasteiger partial charge in [-0.2, -0.15) is 0 Å². The Bertz CT molecular complexity index is 638. The number of aromatic carboxylic acids is 1. The number of hydrogen-bond acceptors (Lipinski definition) is 3. The maximum Gasteiger partial charge on any atom is 0.336 e. The molecule has 0 aliphatic rings. The van der Waals surface area contributed by atoms with Gasteiger partial charge in [-0.15, -0.1) is 11.3 Å². The van der Waals surface area contributed by atoms with Crippen LogP contribution in [0, 0.1) is 6.92 Å². The van der Waals surface area contributed by atoms with Gasteiger partial charge in [0, 0.05) is 17.1 Å². The average Bonchev–Trinajstić information content (AvgIpc) is 2.94. The fraction of sp³-hybridized carbons (Fsp3) is 0.200. The first-order chi connectivity index (χ1) is 10.1. The molecule has 110 valence electrons. The van der Waals surface area contributed by atoms with E-state index in [1.165, 1.54) is 10.9 Å². The van der Waals surface area contributed by atoms with E-state index in [9.17, 15) is 9.59 Å². The van der Waals surface area contributed by atoms with Crippen LogP contribution in [0.2, 0.25) is 0 Å². The van der Waals surface area contributed by atoms with E-state index in [0.717, 1.165) is 6.42 Å². The zero-order chi connectivity index (χ0) is 15.2. The van der Waals surface area contributed by atoms with Crippen molar-refractivity contribution in [2.75, 3.05) is 11.9 Å². The Balaban J connectivity index is 1.87. The van der Waals surface area contributed by atoms with Crippen molar-refractivity contribution in [1.29, 1.82) is 0 Å². The summed E-state index contributed by atoms with van der Waals surface area (Å²) in [6, 6.07) is 8.46. The number of aryl methyl sites for hydroxylation is 1. The largest absolute Gasteiger partial charge is 0.478 e. The van der Waals surface area contributed by atoms with E-state index in [2.05, 4.69) is 10.6 Å². The lowest BCUT2D eigenvalue weighted by atomic mass is 10.1. The van der Waals surface area contributed by atoms with Crippen LogP contribution < -0.4 is 10.6 Å². The van der Waals surface area contributed by atoms with Crippen molar-refractivity contribution in [2.24, 2.45) is 0 Å². The summed E-state index contributed by atoms with van der Waals surface area (Å²) in [4.78, 5) is 24.0. The number of benzene rings is 1. The molecular weight excluding hydrogens is 288 g/mol. The van der Waals surface area contributed by atoms with Crippen LogP contribution in [0.25, 0.3) is 0 Å². The topological polar surface area (TPSA) is 78.4 Å². The third-order valence-electron chi connectivity index (χ3n) is 2.96. The minimum Gasteiger partial charge on any atom is -0.478 e. The molecular formula is C15H16N2O3S. The van der Waals surface area contributed by atoms with Crippen molar-refractivity contribution in [3.8, 4) is 0 Å². The average molecular weight is 304 g/mol. The normalized spacial score (nSPS) is 10.1. The van der Waals surface area contributed by atoms with Gasteiger partial charge in [-0.3, -0.25) is 0 Å². The molecule has 0 spiro atoms. The van der Waals surface area contributed by atoms with Gasteiger partial charge in [0.25, 0.3) is 0 Å². The predicted molar refractivity (Wildman–Crippen MR) is 83.2 cm³/mol.